The minimum atomic E-state index is -0.498. The zero-order valence-corrected chi connectivity index (χ0v) is 15.1. The van der Waals surface area contributed by atoms with Gasteiger partial charge in [0.2, 0.25) is 0 Å². The predicted octanol–water partition coefficient (Wildman–Crippen LogP) is 3.60. The summed E-state index contributed by atoms with van der Waals surface area (Å²) in [4.78, 5) is 25.4. The van der Waals surface area contributed by atoms with Crippen molar-refractivity contribution in [3.05, 3.63) is 71.3 Å². The summed E-state index contributed by atoms with van der Waals surface area (Å²) in [7, 11) is 1.29. The maximum absolute atomic E-state index is 12.2. The van der Waals surface area contributed by atoms with Crippen molar-refractivity contribution in [2.75, 3.05) is 20.2 Å². The van der Waals surface area contributed by atoms with Gasteiger partial charge in [0.25, 0.3) is 0 Å². The van der Waals surface area contributed by atoms with E-state index in [4.69, 9.17) is 4.74 Å². The second kappa shape index (κ2) is 8.40. The molecule has 0 radical (unpaired) electrons. The van der Waals surface area contributed by atoms with E-state index in [0.717, 1.165) is 11.1 Å². The highest BCUT2D eigenvalue weighted by molar-refractivity contribution is 5.90. The first-order valence-corrected chi connectivity index (χ1v) is 8.65. The lowest BCUT2D eigenvalue weighted by Crippen LogP contribution is -2.35. The van der Waals surface area contributed by atoms with Crippen LogP contribution in [0, 0.1) is 0 Å². The number of aromatic hydroxyl groups is 1. The highest BCUT2D eigenvalue weighted by Crippen LogP contribution is 2.30. The smallest absolute Gasteiger partial charge is 0.410 e. The largest absolute Gasteiger partial charge is 0.507 e. The van der Waals surface area contributed by atoms with E-state index in [2.05, 4.69) is 4.74 Å². The second-order valence-electron chi connectivity index (χ2n) is 6.19. The van der Waals surface area contributed by atoms with Gasteiger partial charge in [-0.15, -0.1) is 0 Å². The number of amides is 1. The first-order chi connectivity index (χ1) is 13.1. The van der Waals surface area contributed by atoms with Crippen LogP contribution in [0.15, 0.2) is 54.6 Å². The number of carbonyl (C=O) groups is 2. The molecule has 0 spiro atoms. The first kappa shape index (κ1) is 18.5. The zero-order valence-electron chi connectivity index (χ0n) is 15.1. The molecule has 0 fully saturated rings. The predicted molar refractivity (Wildman–Crippen MR) is 100 cm³/mol. The third-order valence-electron chi connectivity index (χ3n) is 4.44. The Morgan fingerprint density at radius 3 is 2.56 bits per heavy atom. The number of benzene rings is 2. The van der Waals surface area contributed by atoms with E-state index in [1.165, 1.54) is 13.2 Å². The van der Waals surface area contributed by atoms with Crippen LogP contribution in [0.25, 0.3) is 5.57 Å². The van der Waals surface area contributed by atoms with Crippen LogP contribution in [-0.4, -0.2) is 42.3 Å². The number of phenolic OH excluding ortho intramolecular Hbond substituents is 1. The molecule has 140 valence electrons. The van der Waals surface area contributed by atoms with Crippen LogP contribution in [0.4, 0.5) is 4.79 Å². The summed E-state index contributed by atoms with van der Waals surface area (Å²) < 4.78 is 9.99. The summed E-state index contributed by atoms with van der Waals surface area (Å²) in [6.45, 7) is 1.14. The first-order valence-electron chi connectivity index (χ1n) is 8.65. The van der Waals surface area contributed by atoms with Crippen molar-refractivity contribution in [3.8, 4) is 5.75 Å². The minimum Gasteiger partial charge on any atom is -0.507 e. The molecule has 0 aliphatic carbocycles. The van der Waals surface area contributed by atoms with Gasteiger partial charge in [0.15, 0.2) is 0 Å². The number of esters is 1. The third kappa shape index (κ3) is 4.47. The van der Waals surface area contributed by atoms with Gasteiger partial charge in [0, 0.05) is 18.7 Å². The van der Waals surface area contributed by atoms with Gasteiger partial charge in [-0.2, -0.15) is 0 Å². The van der Waals surface area contributed by atoms with Crippen LogP contribution in [0.3, 0.4) is 0 Å². The summed E-state index contributed by atoms with van der Waals surface area (Å²) in [6.07, 6.45) is 2.12. The molecule has 6 heteroatoms. The molecule has 0 bridgehead atoms. The molecule has 27 heavy (non-hydrogen) atoms. The van der Waals surface area contributed by atoms with Crippen molar-refractivity contribution in [2.45, 2.75) is 13.0 Å². The molecule has 0 aromatic heterocycles. The molecule has 0 saturated carbocycles. The molecular weight excluding hydrogens is 346 g/mol. The lowest BCUT2D eigenvalue weighted by Gasteiger charge is -2.26. The fourth-order valence-corrected chi connectivity index (χ4v) is 2.94. The van der Waals surface area contributed by atoms with Crippen molar-refractivity contribution in [1.29, 1.82) is 0 Å². The molecule has 1 amide bonds. The van der Waals surface area contributed by atoms with Gasteiger partial charge >= 0.3 is 12.1 Å². The molecule has 2 aromatic carbocycles. The van der Waals surface area contributed by atoms with Crippen LogP contribution < -0.4 is 0 Å². The maximum atomic E-state index is 12.2. The van der Waals surface area contributed by atoms with E-state index in [1.54, 1.807) is 17.0 Å². The monoisotopic (exact) mass is 367 g/mol. The maximum Gasteiger partial charge on any atom is 0.410 e. The van der Waals surface area contributed by atoms with E-state index in [0.29, 0.717) is 30.6 Å². The molecular formula is C21H21NO5. The van der Waals surface area contributed by atoms with Crippen molar-refractivity contribution in [2.24, 2.45) is 0 Å². The Morgan fingerprint density at radius 2 is 1.93 bits per heavy atom. The summed E-state index contributed by atoms with van der Waals surface area (Å²) in [6, 6.07) is 14.2. The molecule has 6 nitrogen and oxygen atoms in total. The SMILES string of the molecule is COC(=O)c1ccc(C2=CCN(C(=O)OCc3ccccc3)CC2)c(O)c1. The van der Waals surface area contributed by atoms with E-state index < -0.39 is 5.97 Å². The third-order valence-corrected chi connectivity index (χ3v) is 4.44. The van der Waals surface area contributed by atoms with Crippen molar-refractivity contribution in [1.82, 2.24) is 4.90 Å². The fraction of sp³-hybridized carbons (Fsp3) is 0.238. The highest BCUT2D eigenvalue weighted by atomic mass is 16.6. The van der Waals surface area contributed by atoms with Crippen molar-refractivity contribution >= 4 is 17.6 Å². The van der Waals surface area contributed by atoms with Crippen LogP contribution in [0.1, 0.15) is 27.9 Å². The number of carbonyl (C=O) groups excluding carboxylic acids is 2. The quantitative estimate of drug-likeness (QED) is 0.836. The van der Waals surface area contributed by atoms with E-state index in [9.17, 15) is 14.7 Å². The topological polar surface area (TPSA) is 76.1 Å². The molecule has 1 aliphatic rings. The average molecular weight is 367 g/mol. The summed E-state index contributed by atoms with van der Waals surface area (Å²) in [5.74, 6) is -0.480. The molecule has 0 unspecified atom stereocenters. The van der Waals surface area contributed by atoms with Crippen LogP contribution >= 0.6 is 0 Å². The Labute approximate surface area is 157 Å². The van der Waals surface area contributed by atoms with Gasteiger partial charge in [0.1, 0.15) is 12.4 Å². The Hall–Kier alpha value is -3.28. The van der Waals surface area contributed by atoms with Gasteiger partial charge < -0.3 is 19.5 Å². The Kier molecular flexibility index (Phi) is 5.76. The lowest BCUT2D eigenvalue weighted by atomic mass is 9.97. The zero-order chi connectivity index (χ0) is 19.2. The molecule has 2 aromatic rings. The van der Waals surface area contributed by atoms with Crippen LogP contribution in [-0.2, 0) is 16.1 Å². The molecule has 1 heterocycles. The molecule has 1 N–H and O–H groups in total. The normalized spacial score (nSPS) is 13.7. The molecule has 3 rings (SSSR count). The van der Waals surface area contributed by atoms with Crippen LogP contribution in [0.5, 0.6) is 5.75 Å². The van der Waals surface area contributed by atoms with Gasteiger partial charge in [-0.05, 0) is 29.7 Å². The Balaban J connectivity index is 1.61. The van der Waals surface area contributed by atoms with E-state index >= 15 is 0 Å². The highest BCUT2D eigenvalue weighted by Gasteiger charge is 2.21. The van der Waals surface area contributed by atoms with E-state index in [-0.39, 0.29) is 18.4 Å². The summed E-state index contributed by atoms with van der Waals surface area (Å²) in [5, 5.41) is 10.2. The number of rotatable bonds is 4. The number of nitrogens with zero attached hydrogens (tertiary/aromatic N) is 1. The van der Waals surface area contributed by atoms with Crippen LogP contribution in [0.2, 0.25) is 0 Å². The lowest BCUT2D eigenvalue weighted by molar-refractivity contribution is 0.0600. The van der Waals surface area contributed by atoms with E-state index in [1.807, 2.05) is 36.4 Å². The number of methoxy groups -OCH3 is 1. The molecule has 0 saturated heterocycles. The second-order valence-corrected chi connectivity index (χ2v) is 6.19. The van der Waals surface area contributed by atoms with Gasteiger partial charge in [-0.1, -0.05) is 42.5 Å². The van der Waals surface area contributed by atoms with Gasteiger partial charge in [-0.3, -0.25) is 0 Å². The van der Waals surface area contributed by atoms with Crippen molar-refractivity contribution in [3.63, 3.8) is 0 Å². The average Bonchev–Trinajstić information content (AvgIpc) is 2.72. The number of hydrogen-bond acceptors (Lipinski definition) is 5. The molecule has 0 atom stereocenters. The minimum absolute atomic E-state index is 0.0178. The van der Waals surface area contributed by atoms with Gasteiger partial charge in [-0.25, -0.2) is 9.59 Å². The van der Waals surface area contributed by atoms with Crippen molar-refractivity contribution < 1.29 is 24.2 Å². The Morgan fingerprint density at radius 1 is 1.15 bits per heavy atom. The molecule has 1 aliphatic heterocycles. The Bertz CT molecular complexity index is 860. The standard InChI is InChI=1S/C21H21NO5/c1-26-20(24)17-7-8-18(19(23)13-17)16-9-11-22(12-10-16)21(25)27-14-15-5-3-2-4-6-15/h2-9,13,23H,10-12,14H2,1H3. The van der Waals surface area contributed by atoms with Gasteiger partial charge in [0.05, 0.1) is 12.7 Å². The summed E-state index contributed by atoms with van der Waals surface area (Å²) in [5.41, 5.74) is 2.81. The number of ether oxygens (including phenoxy) is 2. The summed E-state index contributed by atoms with van der Waals surface area (Å²) >= 11 is 0. The number of phenols is 1. The fourth-order valence-electron chi connectivity index (χ4n) is 2.94. The number of hydrogen-bond donors (Lipinski definition) is 1.